The summed E-state index contributed by atoms with van der Waals surface area (Å²) in [6.45, 7) is 2.12. The van der Waals surface area contributed by atoms with E-state index in [0.29, 0.717) is 19.5 Å². The third-order valence-electron chi connectivity index (χ3n) is 3.71. The molecule has 2 amide bonds. The van der Waals surface area contributed by atoms with Crippen LogP contribution in [0.2, 0.25) is 0 Å². The summed E-state index contributed by atoms with van der Waals surface area (Å²) in [7, 11) is 5.75. The Morgan fingerprint density at radius 2 is 1.85 bits per heavy atom. The van der Waals surface area contributed by atoms with Crippen LogP contribution in [-0.2, 0) is 4.79 Å². The number of carboxylic acid groups (broad SMARTS) is 1. The summed E-state index contributed by atoms with van der Waals surface area (Å²) in [5.74, 6) is -0.887. The zero-order valence-electron chi connectivity index (χ0n) is 12.8. The molecule has 1 N–H and O–H groups in total. The van der Waals surface area contributed by atoms with Crippen molar-refractivity contribution in [3.8, 4) is 0 Å². The van der Waals surface area contributed by atoms with Gasteiger partial charge in [-0.25, -0.2) is 9.59 Å². The van der Waals surface area contributed by atoms with Crippen LogP contribution in [0.1, 0.15) is 32.1 Å². The molecule has 0 aromatic carbocycles. The number of carbonyl (C=O) groups excluding carboxylic acids is 1. The summed E-state index contributed by atoms with van der Waals surface area (Å²) in [6, 6.07) is -0.820. The SMILES string of the molecule is CN(C)CCCN(C)C(=O)N1CCCCCC1C(=O)O. The maximum Gasteiger partial charge on any atom is 0.326 e. The topological polar surface area (TPSA) is 64.1 Å². The van der Waals surface area contributed by atoms with Gasteiger partial charge in [-0.1, -0.05) is 12.8 Å². The van der Waals surface area contributed by atoms with Gasteiger partial charge >= 0.3 is 12.0 Å². The number of nitrogens with zero attached hydrogens (tertiary/aromatic N) is 3. The number of hydrogen-bond acceptors (Lipinski definition) is 3. The largest absolute Gasteiger partial charge is 0.480 e. The maximum atomic E-state index is 12.4. The van der Waals surface area contributed by atoms with Gasteiger partial charge in [0, 0.05) is 20.1 Å². The molecule has 1 saturated heterocycles. The van der Waals surface area contributed by atoms with E-state index in [2.05, 4.69) is 4.90 Å². The van der Waals surface area contributed by atoms with Gasteiger partial charge in [-0.2, -0.15) is 0 Å². The molecule has 0 aliphatic carbocycles. The van der Waals surface area contributed by atoms with Crippen LogP contribution in [0.3, 0.4) is 0 Å². The summed E-state index contributed by atoms with van der Waals surface area (Å²) in [6.07, 6.45) is 4.22. The van der Waals surface area contributed by atoms with Gasteiger partial charge in [0.2, 0.25) is 0 Å². The number of carboxylic acids is 1. The molecule has 1 aliphatic heterocycles. The summed E-state index contributed by atoms with van der Waals surface area (Å²) in [4.78, 5) is 29.0. The van der Waals surface area contributed by atoms with E-state index in [9.17, 15) is 14.7 Å². The Morgan fingerprint density at radius 1 is 1.15 bits per heavy atom. The predicted octanol–water partition coefficient (Wildman–Crippen LogP) is 1.32. The Kier molecular flexibility index (Phi) is 6.78. The van der Waals surface area contributed by atoms with Crippen molar-refractivity contribution in [3.63, 3.8) is 0 Å². The standard InChI is InChI=1S/C14H27N3O3/c1-15(2)9-7-10-16(3)14(20)17-11-6-4-5-8-12(17)13(18)19/h12H,4-11H2,1-3H3,(H,18,19). The van der Waals surface area contributed by atoms with Crippen LogP contribution in [0.4, 0.5) is 4.79 Å². The average molecular weight is 285 g/mol. The highest BCUT2D eigenvalue weighted by molar-refractivity contribution is 5.82. The van der Waals surface area contributed by atoms with Crippen LogP contribution in [0, 0.1) is 0 Å². The number of carbonyl (C=O) groups is 2. The highest BCUT2D eigenvalue weighted by Gasteiger charge is 2.32. The third-order valence-corrected chi connectivity index (χ3v) is 3.71. The average Bonchev–Trinajstić information content (AvgIpc) is 2.62. The van der Waals surface area contributed by atoms with E-state index in [4.69, 9.17) is 0 Å². The lowest BCUT2D eigenvalue weighted by molar-refractivity contribution is -0.142. The minimum Gasteiger partial charge on any atom is -0.480 e. The van der Waals surface area contributed by atoms with Crippen molar-refractivity contribution in [1.82, 2.24) is 14.7 Å². The second-order valence-corrected chi connectivity index (χ2v) is 5.76. The quantitative estimate of drug-likeness (QED) is 0.827. The summed E-state index contributed by atoms with van der Waals surface area (Å²) in [5, 5.41) is 9.29. The van der Waals surface area contributed by atoms with E-state index in [1.165, 1.54) is 4.90 Å². The van der Waals surface area contributed by atoms with Crippen molar-refractivity contribution < 1.29 is 14.7 Å². The van der Waals surface area contributed by atoms with Crippen molar-refractivity contribution in [2.45, 2.75) is 38.1 Å². The molecule has 1 atom stereocenters. The second-order valence-electron chi connectivity index (χ2n) is 5.76. The Labute approximate surface area is 121 Å². The van der Waals surface area contributed by atoms with E-state index in [1.807, 2.05) is 14.1 Å². The molecule has 6 nitrogen and oxygen atoms in total. The molecule has 20 heavy (non-hydrogen) atoms. The third kappa shape index (κ3) is 5.00. The van der Waals surface area contributed by atoms with Crippen LogP contribution < -0.4 is 0 Å². The highest BCUT2D eigenvalue weighted by atomic mass is 16.4. The molecule has 0 radical (unpaired) electrons. The highest BCUT2D eigenvalue weighted by Crippen LogP contribution is 2.18. The van der Waals surface area contributed by atoms with Crippen molar-refractivity contribution in [2.24, 2.45) is 0 Å². The zero-order chi connectivity index (χ0) is 15.1. The Bertz CT molecular complexity index is 334. The number of urea groups is 1. The number of aliphatic carboxylic acids is 1. The van der Waals surface area contributed by atoms with Crippen LogP contribution in [0.15, 0.2) is 0 Å². The second kappa shape index (κ2) is 8.09. The lowest BCUT2D eigenvalue weighted by Crippen LogP contribution is -2.50. The number of hydrogen-bond donors (Lipinski definition) is 1. The maximum absolute atomic E-state index is 12.4. The zero-order valence-corrected chi connectivity index (χ0v) is 12.8. The number of rotatable bonds is 5. The van der Waals surface area contributed by atoms with Crippen LogP contribution in [-0.4, -0.2) is 78.6 Å². The summed E-state index contributed by atoms with van der Waals surface area (Å²) in [5.41, 5.74) is 0. The van der Waals surface area contributed by atoms with E-state index in [0.717, 1.165) is 32.2 Å². The van der Waals surface area contributed by atoms with E-state index in [1.54, 1.807) is 11.9 Å². The first kappa shape index (κ1) is 16.8. The lowest BCUT2D eigenvalue weighted by atomic mass is 10.1. The lowest BCUT2D eigenvalue weighted by Gasteiger charge is -2.31. The van der Waals surface area contributed by atoms with Crippen molar-refractivity contribution >= 4 is 12.0 Å². The van der Waals surface area contributed by atoms with Gasteiger partial charge in [0.15, 0.2) is 0 Å². The van der Waals surface area contributed by atoms with Gasteiger partial charge in [0.05, 0.1) is 0 Å². The van der Waals surface area contributed by atoms with Crippen LogP contribution in [0.5, 0.6) is 0 Å². The molecule has 1 unspecified atom stereocenters. The molecule has 0 aromatic rings. The molecule has 0 aromatic heterocycles. The van der Waals surface area contributed by atoms with Gasteiger partial charge < -0.3 is 19.8 Å². The fraction of sp³-hybridized carbons (Fsp3) is 0.857. The summed E-state index contributed by atoms with van der Waals surface area (Å²) < 4.78 is 0. The molecule has 1 aliphatic rings. The van der Waals surface area contributed by atoms with Crippen molar-refractivity contribution in [3.05, 3.63) is 0 Å². The van der Waals surface area contributed by atoms with E-state index < -0.39 is 12.0 Å². The minimum absolute atomic E-state index is 0.155. The first-order chi connectivity index (χ1) is 9.43. The molecule has 0 bridgehead atoms. The van der Waals surface area contributed by atoms with Crippen LogP contribution >= 0.6 is 0 Å². The normalized spacial score (nSPS) is 19.8. The molecule has 6 heteroatoms. The fourth-order valence-electron chi connectivity index (χ4n) is 2.53. The number of amides is 2. The predicted molar refractivity (Wildman–Crippen MR) is 77.8 cm³/mol. The Hall–Kier alpha value is -1.30. The minimum atomic E-state index is -0.887. The molecule has 116 valence electrons. The summed E-state index contributed by atoms with van der Waals surface area (Å²) >= 11 is 0. The monoisotopic (exact) mass is 285 g/mol. The first-order valence-corrected chi connectivity index (χ1v) is 7.32. The molecular formula is C14H27N3O3. The van der Waals surface area contributed by atoms with Crippen molar-refractivity contribution in [1.29, 1.82) is 0 Å². The van der Waals surface area contributed by atoms with Crippen molar-refractivity contribution in [2.75, 3.05) is 40.8 Å². The Balaban J connectivity index is 2.59. The van der Waals surface area contributed by atoms with Gasteiger partial charge in [-0.05, 0) is 39.9 Å². The van der Waals surface area contributed by atoms with Gasteiger partial charge in [0.1, 0.15) is 6.04 Å². The van der Waals surface area contributed by atoms with Gasteiger partial charge in [-0.15, -0.1) is 0 Å². The van der Waals surface area contributed by atoms with Gasteiger partial charge in [0.25, 0.3) is 0 Å². The molecular weight excluding hydrogens is 258 g/mol. The Morgan fingerprint density at radius 3 is 2.45 bits per heavy atom. The molecule has 1 rings (SSSR count). The number of likely N-dealkylation sites (tertiary alicyclic amines) is 1. The molecule has 1 heterocycles. The smallest absolute Gasteiger partial charge is 0.326 e. The van der Waals surface area contributed by atoms with E-state index >= 15 is 0 Å². The van der Waals surface area contributed by atoms with Crippen LogP contribution in [0.25, 0.3) is 0 Å². The van der Waals surface area contributed by atoms with E-state index in [-0.39, 0.29) is 6.03 Å². The molecule has 0 saturated carbocycles. The first-order valence-electron chi connectivity index (χ1n) is 7.32. The fourth-order valence-corrected chi connectivity index (χ4v) is 2.53. The molecule has 0 spiro atoms. The van der Waals surface area contributed by atoms with Gasteiger partial charge in [-0.3, -0.25) is 0 Å². The molecule has 1 fully saturated rings.